The van der Waals surface area contributed by atoms with E-state index >= 15 is 0 Å². The van der Waals surface area contributed by atoms with Crippen LogP contribution in [0.5, 0.6) is 11.5 Å². The number of rotatable bonds is 10. The molecule has 186 valence electrons. The number of unbranched alkanes of at least 4 members (excludes halogenated alkanes) is 2. The maximum Gasteiger partial charge on any atom is 0.341 e. The third kappa shape index (κ3) is 5.95. The van der Waals surface area contributed by atoms with E-state index in [4.69, 9.17) is 9.47 Å². The fraction of sp³-hybridized carbons (Fsp3) is 0.520. The minimum absolute atomic E-state index is 0.0356. The number of benzene rings is 1. The van der Waals surface area contributed by atoms with Crippen molar-refractivity contribution in [2.24, 2.45) is 5.41 Å². The van der Waals surface area contributed by atoms with E-state index in [0.717, 1.165) is 30.4 Å². The molecular formula is C25H34N2O6S. The van der Waals surface area contributed by atoms with Gasteiger partial charge in [-0.3, -0.25) is 4.79 Å². The summed E-state index contributed by atoms with van der Waals surface area (Å²) in [4.78, 5) is 24.1. The van der Waals surface area contributed by atoms with Crippen molar-refractivity contribution < 1.29 is 23.9 Å². The van der Waals surface area contributed by atoms with E-state index in [9.17, 15) is 19.2 Å². The Morgan fingerprint density at radius 1 is 1.24 bits per heavy atom. The van der Waals surface area contributed by atoms with Gasteiger partial charge in [-0.2, -0.15) is 0 Å². The van der Waals surface area contributed by atoms with E-state index in [0.29, 0.717) is 36.8 Å². The Kier molecular flexibility index (Phi) is 8.33. The van der Waals surface area contributed by atoms with Gasteiger partial charge in [0.2, 0.25) is 0 Å². The largest absolute Gasteiger partial charge is 0.598 e. The fourth-order valence-corrected chi connectivity index (χ4v) is 4.73. The van der Waals surface area contributed by atoms with Gasteiger partial charge in [0.15, 0.2) is 16.9 Å². The molecule has 0 bridgehead atoms. The quantitative estimate of drug-likeness (QED) is 0.385. The molecule has 2 unspecified atom stereocenters. The van der Waals surface area contributed by atoms with Gasteiger partial charge in [-0.25, -0.2) is 4.79 Å². The molecule has 1 aliphatic rings. The van der Waals surface area contributed by atoms with Crippen LogP contribution in [0.1, 0.15) is 62.0 Å². The monoisotopic (exact) mass is 490 g/mol. The van der Waals surface area contributed by atoms with E-state index < -0.39 is 22.8 Å². The molecule has 0 saturated heterocycles. The molecule has 0 spiro atoms. The SMILES string of the molecule is COc1cc2c(cc1OCCCCCN[S+](C)[O-])CC(C(C)(C)C)n1cc(C(=O)O)c(=O)cc1-2. The number of pyridine rings is 1. The number of carboxylic acid groups (broad SMARTS) is 1. The Labute approximate surface area is 203 Å². The molecule has 1 aromatic carbocycles. The summed E-state index contributed by atoms with van der Waals surface area (Å²) in [5, 5.41) is 9.48. The molecule has 0 fully saturated rings. The summed E-state index contributed by atoms with van der Waals surface area (Å²) >= 11 is -0.987. The maximum atomic E-state index is 12.5. The lowest BCUT2D eigenvalue weighted by Gasteiger charge is -2.39. The Morgan fingerprint density at radius 3 is 2.59 bits per heavy atom. The first-order valence-corrected chi connectivity index (χ1v) is 13.0. The zero-order chi connectivity index (χ0) is 25.0. The molecule has 8 nitrogen and oxygen atoms in total. The second kappa shape index (κ2) is 10.8. The number of methoxy groups -OCH3 is 1. The van der Waals surface area contributed by atoms with Gasteiger partial charge >= 0.3 is 5.97 Å². The number of nitrogens with one attached hydrogen (secondary N) is 1. The Balaban J connectivity index is 1.89. The molecule has 2 N–H and O–H groups in total. The average molecular weight is 491 g/mol. The zero-order valence-electron chi connectivity index (χ0n) is 20.5. The minimum Gasteiger partial charge on any atom is -0.598 e. The van der Waals surface area contributed by atoms with Crippen LogP contribution >= 0.6 is 0 Å². The molecule has 0 aliphatic carbocycles. The molecule has 34 heavy (non-hydrogen) atoms. The van der Waals surface area contributed by atoms with Crippen molar-refractivity contribution in [3.05, 3.63) is 45.7 Å². The maximum absolute atomic E-state index is 12.5. The van der Waals surface area contributed by atoms with E-state index in [-0.39, 0.29) is 17.0 Å². The number of hydrogen-bond acceptors (Lipinski definition) is 6. The van der Waals surface area contributed by atoms with Gasteiger partial charge < -0.3 is 23.7 Å². The van der Waals surface area contributed by atoms with Gasteiger partial charge in [-0.15, -0.1) is 4.72 Å². The molecule has 9 heteroatoms. The lowest BCUT2D eigenvalue weighted by Crippen LogP contribution is -2.32. The summed E-state index contributed by atoms with van der Waals surface area (Å²) in [5.41, 5.74) is 1.65. The van der Waals surface area contributed by atoms with Crippen molar-refractivity contribution in [2.75, 3.05) is 26.5 Å². The first kappa shape index (κ1) is 26.1. The molecule has 1 aromatic heterocycles. The van der Waals surface area contributed by atoms with Crippen LogP contribution in [0.3, 0.4) is 0 Å². The van der Waals surface area contributed by atoms with Crippen molar-refractivity contribution in [2.45, 2.75) is 52.5 Å². The Hall–Kier alpha value is -2.49. The highest BCUT2D eigenvalue weighted by molar-refractivity contribution is 7.88. The number of ether oxygens (including phenoxy) is 2. The fourth-order valence-electron chi connectivity index (χ4n) is 4.30. The van der Waals surface area contributed by atoms with Gasteiger partial charge in [0.1, 0.15) is 11.8 Å². The van der Waals surface area contributed by atoms with E-state index in [1.807, 2.05) is 16.7 Å². The second-order valence-corrected chi connectivity index (χ2v) is 10.8. The standard InChI is InChI=1S/C25H34N2O6S/c1-25(2,3)23-12-16-11-22(33-10-8-6-7-9-26-34(5)31)21(32-4)13-17(16)19-14-20(28)18(24(29)30)15-27(19)23/h11,13-15,23,26H,6-10,12H2,1-5H3,(H,29,30). The molecule has 3 rings (SSSR count). The molecule has 1 aliphatic heterocycles. The predicted octanol–water partition coefficient (Wildman–Crippen LogP) is 3.80. The van der Waals surface area contributed by atoms with Crippen LogP contribution in [0.4, 0.5) is 0 Å². The van der Waals surface area contributed by atoms with Gasteiger partial charge in [0.25, 0.3) is 0 Å². The number of hydrogen-bond donors (Lipinski definition) is 2. The summed E-state index contributed by atoms with van der Waals surface area (Å²) < 4.78 is 27.5. The van der Waals surface area contributed by atoms with Gasteiger partial charge in [0.05, 0.1) is 19.4 Å². The lowest BCUT2D eigenvalue weighted by molar-refractivity contribution is 0.0693. The highest BCUT2D eigenvalue weighted by Gasteiger charge is 2.34. The van der Waals surface area contributed by atoms with Crippen LogP contribution in [0.25, 0.3) is 11.3 Å². The van der Waals surface area contributed by atoms with Crippen LogP contribution in [0.15, 0.2) is 29.2 Å². The molecule has 0 amide bonds. The van der Waals surface area contributed by atoms with E-state index in [2.05, 4.69) is 25.5 Å². The van der Waals surface area contributed by atoms with Crippen LogP contribution < -0.4 is 19.6 Å². The van der Waals surface area contributed by atoms with Crippen molar-refractivity contribution in [1.29, 1.82) is 0 Å². The summed E-state index contributed by atoms with van der Waals surface area (Å²) in [6, 6.07) is 5.23. The van der Waals surface area contributed by atoms with Gasteiger partial charge in [-0.05, 0) is 48.8 Å². The molecule has 0 radical (unpaired) electrons. The summed E-state index contributed by atoms with van der Waals surface area (Å²) in [7, 11) is 1.58. The number of fused-ring (bicyclic) bond motifs is 3. The minimum atomic E-state index is -1.22. The average Bonchev–Trinajstić information content (AvgIpc) is 2.75. The zero-order valence-corrected chi connectivity index (χ0v) is 21.3. The van der Waals surface area contributed by atoms with E-state index in [1.165, 1.54) is 12.3 Å². The summed E-state index contributed by atoms with van der Waals surface area (Å²) in [6.07, 6.45) is 6.49. The van der Waals surface area contributed by atoms with Crippen LogP contribution in [-0.2, 0) is 17.8 Å². The van der Waals surface area contributed by atoms with Crippen LogP contribution in [-0.4, -0.2) is 46.7 Å². The van der Waals surface area contributed by atoms with Crippen molar-refractivity contribution in [1.82, 2.24) is 9.29 Å². The van der Waals surface area contributed by atoms with Gasteiger partial charge in [-0.1, -0.05) is 20.8 Å². The molecule has 2 aromatic rings. The summed E-state index contributed by atoms with van der Waals surface area (Å²) in [6.45, 7) is 7.56. The predicted molar refractivity (Wildman–Crippen MR) is 133 cm³/mol. The molecule has 2 heterocycles. The third-order valence-corrected chi connectivity index (χ3v) is 6.72. The van der Waals surface area contributed by atoms with Gasteiger partial charge in [0, 0.05) is 41.8 Å². The summed E-state index contributed by atoms with van der Waals surface area (Å²) in [5.74, 6) is -0.00390. The Bertz CT molecular complexity index is 1090. The number of aromatic carboxylic acids is 1. The Morgan fingerprint density at radius 2 is 1.97 bits per heavy atom. The number of nitrogens with zero attached hydrogens (tertiary/aromatic N) is 1. The van der Waals surface area contributed by atoms with Crippen LogP contribution in [0, 0.1) is 5.41 Å². The number of aromatic nitrogens is 1. The first-order chi connectivity index (χ1) is 16.0. The first-order valence-electron chi connectivity index (χ1n) is 11.4. The van der Waals surface area contributed by atoms with Crippen molar-refractivity contribution in [3.63, 3.8) is 0 Å². The normalized spacial score (nSPS) is 15.9. The van der Waals surface area contributed by atoms with Crippen molar-refractivity contribution in [3.8, 4) is 22.8 Å². The smallest absolute Gasteiger partial charge is 0.341 e. The van der Waals surface area contributed by atoms with Crippen molar-refractivity contribution >= 4 is 17.3 Å². The lowest BCUT2D eigenvalue weighted by atomic mass is 9.78. The molecule has 2 atom stereocenters. The third-order valence-electron chi connectivity index (χ3n) is 6.11. The topological polar surface area (TPSA) is 113 Å². The number of carbonyl (C=O) groups is 1. The second-order valence-electron chi connectivity index (χ2n) is 9.65. The van der Waals surface area contributed by atoms with Crippen LogP contribution in [0.2, 0.25) is 0 Å². The molecule has 0 saturated carbocycles. The highest BCUT2D eigenvalue weighted by atomic mass is 32.2. The number of carboxylic acids is 1. The molecular weight excluding hydrogens is 456 g/mol. The van der Waals surface area contributed by atoms with E-state index in [1.54, 1.807) is 13.4 Å². The highest BCUT2D eigenvalue weighted by Crippen LogP contribution is 2.45.